The Labute approximate surface area is 193 Å². The van der Waals surface area contributed by atoms with Crippen molar-refractivity contribution < 1.29 is 22.7 Å². The molecule has 2 aliphatic heterocycles. The van der Waals surface area contributed by atoms with E-state index in [4.69, 9.17) is 4.74 Å². The van der Waals surface area contributed by atoms with Crippen molar-refractivity contribution in [1.29, 1.82) is 0 Å². The van der Waals surface area contributed by atoms with E-state index in [1.807, 2.05) is 0 Å². The lowest BCUT2D eigenvalue weighted by Crippen LogP contribution is -2.47. The van der Waals surface area contributed by atoms with E-state index in [1.54, 1.807) is 50.2 Å². The first kappa shape index (κ1) is 23.1. The van der Waals surface area contributed by atoms with Crippen LogP contribution in [0.4, 0.5) is 17.1 Å². The van der Waals surface area contributed by atoms with Gasteiger partial charge in [0.1, 0.15) is 23.2 Å². The number of carbonyl (C=O) groups is 2. The van der Waals surface area contributed by atoms with Crippen molar-refractivity contribution in [2.45, 2.75) is 37.6 Å². The summed E-state index contributed by atoms with van der Waals surface area (Å²) < 4.78 is 33.5. The molecule has 2 aromatic rings. The summed E-state index contributed by atoms with van der Waals surface area (Å²) in [6.45, 7) is 4.70. The van der Waals surface area contributed by atoms with Crippen LogP contribution in [0.25, 0.3) is 0 Å². The van der Waals surface area contributed by atoms with Crippen molar-refractivity contribution in [2.75, 3.05) is 41.8 Å². The quantitative estimate of drug-likeness (QED) is 0.642. The second kappa shape index (κ2) is 9.40. The van der Waals surface area contributed by atoms with E-state index in [0.29, 0.717) is 36.8 Å². The average molecular weight is 473 g/mol. The molecule has 0 bridgehead atoms. The Hall–Kier alpha value is -3.11. The summed E-state index contributed by atoms with van der Waals surface area (Å²) in [5, 5.41) is 5.86. The second-order valence-electron chi connectivity index (χ2n) is 8.06. The Balaban J connectivity index is 1.59. The highest BCUT2D eigenvalue weighted by molar-refractivity contribution is 7.89. The summed E-state index contributed by atoms with van der Waals surface area (Å²) in [6.07, 6.45) is 1.66. The van der Waals surface area contributed by atoms with E-state index >= 15 is 0 Å². The fourth-order valence-corrected chi connectivity index (χ4v) is 5.79. The van der Waals surface area contributed by atoms with Crippen LogP contribution in [0.1, 0.15) is 26.7 Å². The van der Waals surface area contributed by atoms with Gasteiger partial charge in [0.05, 0.1) is 18.0 Å². The molecule has 1 fully saturated rings. The molecule has 176 valence electrons. The van der Waals surface area contributed by atoms with Crippen LogP contribution >= 0.6 is 0 Å². The first-order valence-corrected chi connectivity index (χ1v) is 12.5. The predicted octanol–water partition coefficient (Wildman–Crippen LogP) is 2.66. The van der Waals surface area contributed by atoms with Gasteiger partial charge in [-0.05, 0) is 57.0 Å². The number of hydrogen-bond donors (Lipinski definition) is 2. The van der Waals surface area contributed by atoms with Crippen molar-refractivity contribution >= 4 is 38.9 Å². The van der Waals surface area contributed by atoms with Crippen LogP contribution in [0, 0.1) is 0 Å². The highest BCUT2D eigenvalue weighted by Crippen LogP contribution is 2.33. The third kappa shape index (κ3) is 4.67. The zero-order chi connectivity index (χ0) is 23.6. The molecule has 2 aliphatic rings. The summed E-state index contributed by atoms with van der Waals surface area (Å²) in [7, 11) is -3.72. The molecule has 2 amide bonds. The lowest BCUT2D eigenvalue weighted by Gasteiger charge is -2.31. The molecule has 0 aromatic heterocycles. The molecule has 1 saturated heterocycles. The monoisotopic (exact) mass is 472 g/mol. The fourth-order valence-electron chi connectivity index (χ4n) is 4.12. The maximum absolute atomic E-state index is 13.2. The Morgan fingerprint density at radius 2 is 1.91 bits per heavy atom. The smallest absolute Gasteiger partial charge is 0.249 e. The molecule has 33 heavy (non-hydrogen) atoms. The zero-order valence-corrected chi connectivity index (χ0v) is 19.5. The van der Waals surface area contributed by atoms with Gasteiger partial charge in [0.15, 0.2) is 0 Å². The number of sulfonamides is 1. The van der Waals surface area contributed by atoms with Gasteiger partial charge in [-0.25, -0.2) is 8.42 Å². The number of hydrogen-bond acceptors (Lipinski definition) is 6. The predicted molar refractivity (Wildman–Crippen MR) is 126 cm³/mol. The molecule has 0 saturated carbocycles. The molecule has 0 aliphatic carbocycles. The number of amides is 2. The fraction of sp³-hybridized carbons (Fsp3) is 0.391. The number of ether oxygens (including phenoxy) is 1. The van der Waals surface area contributed by atoms with E-state index in [0.717, 1.165) is 12.8 Å². The number of benzene rings is 2. The van der Waals surface area contributed by atoms with Crippen LogP contribution in [-0.4, -0.2) is 56.8 Å². The van der Waals surface area contributed by atoms with Gasteiger partial charge >= 0.3 is 0 Å². The molecule has 0 radical (unpaired) electrons. The summed E-state index contributed by atoms with van der Waals surface area (Å²) >= 11 is 0. The zero-order valence-electron chi connectivity index (χ0n) is 18.7. The minimum atomic E-state index is -3.72. The number of nitrogens with one attached hydrogen (secondary N) is 2. The Bertz CT molecular complexity index is 1160. The van der Waals surface area contributed by atoms with Gasteiger partial charge in [0.25, 0.3) is 0 Å². The summed E-state index contributed by atoms with van der Waals surface area (Å²) in [6, 6.07) is 11.2. The van der Waals surface area contributed by atoms with Crippen molar-refractivity contribution in [2.24, 2.45) is 0 Å². The number of anilines is 3. The third-order valence-corrected chi connectivity index (χ3v) is 7.64. The van der Waals surface area contributed by atoms with Crippen molar-refractivity contribution in [3.05, 3.63) is 42.5 Å². The maximum atomic E-state index is 13.2. The highest BCUT2D eigenvalue weighted by atomic mass is 32.2. The van der Waals surface area contributed by atoms with E-state index in [2.05, 4.69) is 10.6 Å². The Kier molecular flexibility index (Phi) is 6.57. The van der Waals surface area contributed by atoms with Crippen molar-refractivity contribution in [1.82, 2.24) is 4.31 Å². The Morgan fingerprint density at radius 1 is 1.18 bits per heavy atom. The van der Waals surface area contributed by atoms with E-state index in [1.165, 1.54) is 15.3 Å². The first-order chi connectivity index (χ1) is 15.8. The molecule has 0 spiro atoms. The second-order valence-corrected chi connectivity index (χ2v) is 9.97. The van der Waals surface area contributed by atoms with Gasteiger partial charge in [-0.1, -0.05) is 12.1 Å². The van der Waals surface area contributed by atoms with Crippen LogP contribution in [0.2, 0.25) is 0 Å². The number of rotatable bonds is 7. The van der Waals surface area contributed by atoms with Gasteiger partial charge in [-0.2, -0.15) is 4.31 Å². The first-order valence-electron chi connectivity index (χ1n) is 11.0. The molecular formula is C23H28N4O5S. The largest absolute Gasteiger partial charge is 0.492 e. The highest BCUT2D eigenvalue weighted by Gasteiger charge is 2.32. The van der Waals surface area contributed by atoms with Crippen LogP contribution in [0.15, 0.2) is 47.4 Å². The van der Waals surface area contributed by atoms with Crippen LogP contribution in [0.5, 0.6) is 5.75 Å². The van der Waals surface area contributed by atoms with Crippen LogP contribution in [0.3, 0.4) is 0 Å². The number of carbonyl (C=O) groups excluding carboxylic acids is 2. The van der Waals surface area contributed by atoms with Gasteiger partial charge < -0.3 is 15.4 Å². The molecule has 0 unspecified atom stereocenters. The standard InChI is InChI=1S/C23H28N4O5S/c1-3-32-20-11-10-17(14-21(20)33(30,31)26-12-6-7-13-26)24-16(2)23(29)27-15-22(28)25-18-8-4-5-9-19(18)27/h4-5,8-11,14,16,24H,3,6-7,12-13,15H2,1-2H3,(H,25,28)/t16-/m0/s1. The molecule has 9 nitrogen and oxygen atoms in total. The topological polar surface area (TPSA) is 108 Å². The van der Waals surface area contributed by atoms with Crippen molar-refractivity contribution in [3.63, 3.8) is 0 Å². The minimum Gasteiger partial charge on any atom is -0.492 e. The van der Waals surface area contributed by atoms with Gasteiger partial charge in [-0.15, -0.1) is 0 Å². The molecule has 4 rings (SSSR count). The van der Waals surface area contributed by atoms with Gasteiger partial charge in [-0.3, -0.25) is 14.5 Å². The molecule has 2 aromatic carbocycles. The summed E-state index contributed by atoms with van der Waals surface area (Å²) in [5.41, 5.74) is 1.68. The number of nitrogens with zero attached hydrogens (tertiary/aromatic N) is 2. The lowest BCUT2D eigenvalue weighted by atomic mass is 10.1. The number of fused-ring (bicyclic) bond motifs is 1. The van der Waals surface area contributed by atoms with E-state index < -0.39 is 16.1 Å². The molecule has 2 heterocycles. The Morgan fingerprint density at radius 3 is 2.64 bits per heavy atom. The average Bonchev–Trinajstić information content (AvgIpc) is 3.35. The molecular weight excluding hydrogens is 444 g/mol. The van der Waals surface area contributed by atoms with Gasteiger partial charge in [0.2, 0.25) is 21.8 Å². The summed E-state index contributed by atoms with van der Waals surface area (Å²) in [4.78, 5) is 26.8. The SMILES string of the molecule is CCOc1ccc(N[C@@H](C)C(=O)N2CC(=O)Nc3ccccc32)cc1S(=O)(=O)N1CCCC1. The lowest BCUT2D eigenvalue weighted by molar-refractivity contribution is -0.122. The van der Waals surface area contributed by atoms with E-state index in [-0.39, 0.29) is 29.0 Å². The molecule has 1 atom stereocenters. The maximum Gasteiger partial charge on any atom is 0.249 e. The van der Waals surface area contributed by atoms with Crippen molar-refractivity contribution in [3.8, 4) is 5.75 Å². The van der Waals surface area contributed by atoms with Gasteiger partial charge in [0, 0.05) is 18.8 Å². The molecule has 10 heteroatoms. The normalized spacial score (nSPS) is 17.3. The summed E-state index contributed by atoms with van der Waals surface area (Å²) in [5.74, 6) is -0.278. The van der Waals surface area contributed by atoms with Crippen LogP contribution < -0.4 is 20.3 Å². The molecule has 2 N–H and O–H groups in total. The number of para-hydroxylation sites is 2. The minimum absolute atomic E-state index is 0.0820. The third-order valence-electron chi connectivity index (χ3n) is 5.72. The van der Waals surface area contributed by atoms with E-state index in [9.17, 15) is 18.0 Å². The van der Waals surface area contributed by atoms with Crippen LogP contribution in [-0.2, 0) is 19.6 Å².